The Kier molecular flexibility index (Phi) is 6.72. The summed E-state index contributed by atoms with van der Waals surface area (Å²) in [6, 6.07) is 21.5. The van der Waals surface area contributed by atoms with Gasteiger partial charge in [-0.2, -0.15) is 0 Å². The third-order valence-corrected chi connectivity index (χ3v) is 5.46. The van der Waals surface area contributed by atoms with E-state index in [1.807, 2.05) is 30.3 Å². The Morgan fingerprint density at radius 1 is 1.00 bits per heavy atom. The Labute approximate surface area is 201 Å². The maximum Gasteiger partial charge on any atom is 0.270 e. The largest absolute Gasteiger partial charge is 0.493 e. The topological polar surface area (TPSA) is 67.9 Å². The van der Waals surface area contributed by atoms with Crippen molar-refractivity contribution in [1.82, 2.24) is 5.32 Å². The minimum atomic E-state index is -0.571. The maximum atomic E-state index is 13.2. The van der Waals surface area contributed by atoms with Crippen molar-refractivity contribution in [2.45, 2.75) is 6.61 Å². The molecule has 0 saturated carbocycles. The molecule has 0 radical (unpaired) electrons. The van der Waals surface area contributed by atoms with Crippen LogP contribution in [0.4, 0.5) is 5.69 Å². The van der Waals surface area contributed by atoms with Crippen LogP contribution in [-0.4, -0.2) is 24.0 Å². The number of hydrogen-bond acceptors (Lipinski definition) is 5. The van der Waals surface area contributed by atoms with E-state index in [0.29, 0.717) is 34.4 Å². The highest BCUT2D eigenvalue weighted by molar-refractivity contribution is 7.80. The first kappa shape index (κ1) is 22.5. The van der Waals surface area contributed by atoms with Gasteiger partial charge in [0.25, 0.3) is 11.8 Å². The second-order valence-electron chi connectivity index (χ2n) is 7.12. The second-order valence-corrected chi connectivity index (χ2v) is 7.94. The lowest BCUT2D eigenvalue weighted by Gasteiger charge is -2.29. The van der Waals surface area contributed by atoms with Gasteiger partial charge in [-0.1, -0.05) is 48.0 Å². The highest BCUT2D eigenvalue weighted by atomic mass is 35.5. The van der Waals surface area contributed by atoms with Gasteiger partial charge >= 0.3 is 0 Å². The molecular formula is C25H19ClN2O4S. The maximum absolute atomic E-state index is 13.2. The average molecular weight is 479 g/mol. The van der Waals surface area contributed by atoms with Crippen molar-refractivity contribution < 1.29 is 19.1 Å². The van der Waals surface area contributed by atoms with Crippen molar-refractivity contribution in [3.8, 4) is 11.5 Å². The molecule has 8 heteroatoms. The van der Waals surface area contributed by atoms with Crippen LogP contribution < -0.4 is 19.7 Å². The van der Waals surface area contributed by atoms with E-state index in [9.17, 15) is 9.59 Å². The van der Waals surface area contributed by atoms with Gasteiger partial charge in [-0.15, -0.1) is 0 Å². The fourth-order valence-electron chi connectivity index (χ4n) is 3.28. The molecule has 6 nitrogen and oxygen atoms in total. The molecule has 0 aromatic heterocycles. The molecule has 0 spiro atoms. The molecule has 3 aromatic rings. The van der Waals surface area contributed by atoms with Crippen LogP contribution in [0.3, 0.4) is 0 Å². The summed E-state index contributed by atoms with van der Waals surface area (Å²) in [5.74, 6) is -0.0765. The standard InChI is InChI=1S/C25H19ClN2O4S/c1-31-21-12-7-17(14-22(21)32-15-16-5-3-2-4-6-16)13-20-23(29)27-25(33)28(24(20)30)19-10-8-18(26)9-11-19/h2-14H,15H2,1H3,(H,27,29,33)/b20-13-. The highest BCUT2D eigenvalue weighted by Gasteiger charge is 2.34. The number of anilines is 1. The molecule has 4 rings (SSSR count). The van der Waals surface area contributed by atoms with Crippen molar-refractivity contribution in [3.05, 3.63) is 94.5 Å². The van der Waals surface area contributed by atoms with E-state index in [2.05, 4.69) is 5.32 Å². The third-order valence-electron chi connectivity index (χ3n) is 4.92. The van der Waals surface area contributed by atoms with Gasteiger partial charge in [0, 0.05) is 5.02 Å². The predicted octanol–water partition coefficient (Wildman–Crippen LogP) is 4.76. The van der Waals surface area contributed by atoms with Crippen LogP contribution in [0, 0.1) is 0 Å². The van der Waals surface area contributed by atoms with Crippen LogP contribution in [0.5, 0.6) is 11.5 Å². The summed E-state index contributed by atoms with van der Waals surface area (Å²) in [5, 5.41) is 3.10. The molecule has 33 heavy (non-hydrogen) atoms. The molecule has 1 N–H and O–H groups in total. The van der Waals surface area contributed by atoms with E-state index in [1.54, 1.807) is 49.6 Å². The Bertz CT molecular complexity index is 1240. The number of carbonyl (C=O) groups is 2. The molecule has 1 heterocycles. The van der Waals surface area contributed by atoms with Gasteiger partial charge in [-0.3, -0.25) is 19.8 Å². The monoisotopic (exact) mass is 478 g/mol. The first-order chi connectivity index (χ1) is 16.0. The summed E-state index contributed by atoms with van der Waals surface area (Å²) in [7, 11) is 1.55. The Balaban J connectivity index is 1.63. The molecule has 0 bridgehead atoms. The number of ether oxygens (including phenoxy) is 2. The molecule has 166 valence electrons. The number of carbonyl (C=O) groups excluding carboxylic acids is 2. The van der Waals surface area contributed by atoms with Crippen LogP contribution in [0.25, 0.3) is 6.08 Å². The first-order valence-electron chi connectivity index (χ1n) is 9.98. The van der Waals surface area contributed by atoms with E-state index in [1.165, 1.54) is 11.0 Å². The summed E-state index contributed by atoms with van der Waals surface area (Å²) in [6.07, 6.45) is 1.50. The van der Waals surface area contributed by atoms with Gasteiger partial charge < -0.3 is 9.47 Å². The highest BCUT2D eigenvalue weighted by Crippen LogP contribution is 2.30. The summed E-state index contributed by atoms with van der Waals surface area (Å²) >= 11 is 11.2. The lowest BCUT2D eigenvalue weighted by atomic mass is 10.1. The number of methoxy groups -OCH3 is 1. The van der Waals surface area contributed by atoms with Gasteiger partial charge in [-0.25, -0.2) is 0 Å². The molecular weight excluding hydrogens is 460 g/mol. The van der Waals surface area contributed by atoms with E-state index in [-0.39, 0.29) is 10.7 Å². The lowest BCUT2D eigenvalue weighted by Crippen LogP contribution is -2.54. The van der Waals surface area contributed by atoms with E-state index in [4.69, 9.17) is 33.3 Å². The quantitative estimate of drug-likeness (QED) is 0.314. The number of nitrogens with one attached hydrogen (secondary N) is 1. The summed E-state index contributed by atoms with van der Waals surface area (Å²) in [6.45, 7) is 0.343. The Hall–Kier alpha value is -3.68. The van der Waals surface area contributed by atoms with E-state index in [0.717, 1.165) is 5.56 Å². The zero-order valence-corrected chi connectivity index (χ0v) is 19.2. The van der Waals surface area contributed by atoms with Crippen LogP contribution in [-0.2, 0) is 16.2 Å². The smallest absolute Gasteiger partial charge is 0.270 e. The number of thiocarbonyl (C=S) groups is 1. The van der Waals surface area contributed by atoms with Crippen LogP contribution in [0.1, 0.15) is 11.1 Å². The summed E-state index contributed by atoms with van der Waals surface area (Å²) < 4.78 is 11.3. The third kappa shape index (κ3) is 5.05. The van der Waals surface area contributed by atoms with E-state index >= 15 is 0 Å². The Morgan fingerprint density at radius 3 is 2.42 bits per heavy atom. The van der Waals surface area contributed by atoms with Gasteiger partial charge in [0.15, 0.2) is 16.6 Å². The molecule has 1 fully saturated rings. The zero-order chi connectivity index (χ0) is 23.4. The molecule has 0 aliphatic carbocycles. The minimum absolute atomic E-state index is 0.00564. The zero-order valence-electron chi connectivity index (χ0n) is 17.6. The van der Waals surface area contributed by atoms with Crippen molar-refractivity contribution in [2.24, 2.45) is 0 Å². The second kappa shape index (κ2) is 9.85. The van der Waals surface area contributed by atoms with Crippen LogP contribution in [0.15, 0.2) is 78.4 Å². The summed E-state index contributed by atoms with van der Waals surface area (Å²) in [5.41, 5.74) is 2.04. The molecule has 0 unspecified atom stereocenters. The van der Waals surface area contributed by atoms with Gasteiger partial charge in [-0.05, 0) is 65.8 Å². The van der Waals surface area contributed by atoms with Gasteiger partial charge in [0.2, 0.25) is 0 Å². The van der Waals surface area contributed by atoms with Crippen LogP contribution in [0.2, 0.25) is 5.02 Å². The van der Waals surface area contributed by atoms with Crippen molar-refractivity contribution in [3.63, 3.8) is 0 Å². The van der Waals surface area contributed by atoms with Gasteiger partial charge in [0.1, 0.15) is 12.2 Å². The van der Waals surface area contributed by atoms with E-state index < -0.39 is 11.8 Å². The predicted molar refractivity (Wildman–Crippen MR) is 131 cm³/mol. The number of nitrogens with zero attached hydrogens (tertiary/aromatic N) is 1. The molecule has 0 atom stereocenters. The number of amides is 2. The number of benzene rings is 3. The normalized spacial score (nSPS) is 14.9. The molecule has 3 aromatic carbocycles. The molecule has 1 aliphatic rings. The molecule has 1 saturated heterocycles. The van der Waals surface area contributed by atoms with Crippen molar-refractivity contribution in [2.75, 3.05) is 12.0 Å². The van der Waals surface area contributed by atoms with Crippen LogP contribution >= 0.6 is 23.8 Å². The SMILES string of the molecule is COc1ccc(/C=C2/C(=O)NC(=S)N(c3ccc(Cl)cc3)C2=O)cc1OCc1ccccc1. The van der Waals surface area contributed by atoms with Crippen molar-refractivity contribution in [1.29, 1.82) is 0 Å². The molecule has 2 amide bonds. The fourth-order valence-corrected chi connectivity index (χ4v) is 3.69. The summed E-state index contributed by atoms with van der Waals surface area (Å²) in [4.78, 5) is 27.0. The number of rotatable bonds is 6. The lowest BCUT2D eigenvalue weighted by molar-refractivity contribution is -0.122. The Morgan fingerprint density at radius 2 is 1.73 bits per heavy atom. The number of halogens is 1. The first-order valence-corrected chi connectivity index (χ1v) is 10.8. The molecule has 1 aliphatic heterocycles. The number of hydrogen-bond donors (Lipinski definition) is 1. The van der Waals surface area contributed by atoms with Gasteiger partial charge in [0.05, 0.1) is 12.8 Å². The fraction of sp³-hybridized carbons (Fsp3) is 0.0800. The van der Waals surface area contributed by atoms with Crippen molar-refractivity contribution >= 4 is 52.5 Å². The minimum Gasteiger partial charge on any atom is -0.493 e. The average Bonchev–Trinajstić information content (AvgIpc) is 2.82.